The molecule has 0 radical (unpaired) electrons. The second-order valence-corrected chi connectivity index (χ2v) is 6.42. The van der Waals surface area contributed by atoms with E-state index in [2.05, 4.69) is 49.8 Å². The smallest absolute Gasteiger partial charge is 0.256 e. The third kappa shape index (κ3) is 3.84. The molecule has 5 heteroatoms. The molecule has 2 aromatic carbocycles. The third-order valence-corrected chi connectivity index (χ3v) is 3.92. The van der Waals surface area contributed by atoms with Crippen LogP contribution in [0.4, 0.5) is 5.69 Å². The predicted molar refractivity (Wildman–Crippen MR) is 88.2 cm³/mol. The highest BCUT2D eigenvalue weighted by Gasteiger charge is 2.11. The largest absolute Gasteiger partial charge is 0.322 e. The van der Waals surface area contributed by atoms with Crippen molar-refractivity contribution in [1.82, 2.24) is 0 Å². The highest BCUT2D eigenvalue weighted by Crippen LogP contribution is 2.23. The maximum absolute atomic E-state index is 12.2. The number of carbonyl (C=O) groups is 1. The molecular formula is C14H11Br2NOS. The Labute approximate surface area is 134 Å². The summed E-state index contributed by atoms with van der Waals surface area (Å²) < 4.78 is 1.68. The second-order valence-electron chi connectivity index (χ2n) is 4.14. The second kappa shape index (κ2) is 6.11. The standard InChI is InChI=1S/C14H11Br2NOS/c1-8-4-9(15)6-10(5-8)17-14(18)12-7-11(19)2-3-13(12)16/h2-7,19H,1H3,(H,17,18). The van der Waals surface area contributed by atoms with Crippen molar-refractivity contribution in [2.75, 3.05) is 5.32 Å². The lowest BCUT2D eigenvalue weighted by Gasteiger charge is -2.09. The fraction of sp³-hybridized carbons (Fsp3) is 0.0714. The van der Waals surface area contributed by atoms with Crippen molar-refractivity contribution in [3.63, 3.8) is 0 Å². The van der Waals surface area contributed by atoms with E-state index in [9.17, 15) is 4.79 Å². The fourth-order valence-electron chi connectivity index (χ4n) is 1.69. The van der Waals surface area contributed by atoms with Gasteiger partial charge in [-0.1, -0.05) is 15.9 Å². The monoisotopic (exact) mass is 399 g/mol. The molecule has 0 unspecified atom stereocenters. The van der Waals surface area contributed by atoms with Gasteiger partial charge < -0.3 is 5.32 Å². The topological polar surface area (TPSA) is 29.1 Å². The molecule has 0 bridgehead atoms. The van der Waals surface area contributed by atoms with Crippen molar-refractivity contribution >= 4 is 56.1 Å². The Kier molecular flexibility index (Phi) is 4.71. The number of anilines is 1. The molecule has 98 valence electrons. The number of carbonyl (C=O) groups excluding carboxylic acids is 1. The number of hydrogen-bond acceptors (Lipinski definition) is 2. The average Bonchev–Trinajstić information content (AvgIpc) is 2.30. The highest BCUT2D eigenvalue weighted by molar-refractivity contribution is 9.10. The Morgan fingerprint density at radius 3 is 2.58 bits per heavy atom. The number of thiol groups is 1. The Bertz CT molecular complexity index is 623. The van der Waals surface area contributed by atoms with Gasteiger partial charge in [-0.15, -0.1) is 12.6 Å². The minimum absolute atomic E-state index is 0.166. The van der Waals surface area contributed by atoms with Gasteiger partial charge in [0.05, 0.1) is 5.56 Å². The first-order valence-corrected chi connectivity index (χ1v) is 7.56. The molecule has 0 saturated carbocycles. The van der Waals surface area contributed by atoms with Gasteiger partial charge in [-0.3, -0.25) is 4.79 Å². The van der Waals surface area contributed by atoms with Gasteiger partial charge in [-0.2, -0.15) is 0 Å². The van der Waals surface area contributed by atoms with Crippen LogP contribution in [0.5, 0.6) is 0 Å². The Hall–Kier alpha value is -0.780. The molecule has 0 heterocycles. The molecule has 0 aliphatic rings. The van der Waals surface area contributed by atoms with Crippen LogP contribution in [0.15, 0.2) is 50.2 Å². The van der Waals surface area contributed by atoms with Gasteiger partial charge in [0.2, 0.25) is 0 Å². The molecule has 0 atom stereocenters. The van der Waals surface area contributed by atoms with Gasteiger partial charge in [0.15, 0.2) is 0 Å². The van der Waals surface area contributed by atoms with Crippen LogP contribution in [-0.4, -0.2) is 5.91 Å². The number of amides is 1. The summed E-state index contributed by atoms with van der Waals surface area (Å²) >= 11 is 11.0. The lowest BCUT2D eigenvalue weighted by atomic mass is 10.2. The molecule has 0 aliphatic carbocycles. The summed E-state index contributed by atoms with van der Waals surface area (Å²) in [5, 5.41) is 2.88. The fourth-order valence-corrected chi connectivity index (χ4v) is 2.93. The summed E-state index contributed by atoms with van der Waals surface area (Å²) in [6.45, 7) is 1.98. The minimum atomic E-state index is -0.166. The van der Waals surface area contributed by atoms with Crippen molar-refractivity contribution in [3.8, 4) is 0 Å². The van der Waals surface area contributed by atoms with Crippen molar-refractivity contribution in [2.24, 2.45) is 0 Å². The van der Waals surface area contributed by atoms with Gasteiger partial charge in [-0.25, -0.2) is 0 Å². The normalized spacial score (nSPS) is 10.3. The average molecular weight is 401 g/mol. The molecule has 0 aromatic heterocycles. The maximum Gasteiger partial charge on any atom is 0.256 e. The quantitative estimate of drug-likeness (QED) is 0.677. The van der Waals surface area contributed by atoms with Gasteiger partial charge >= 0.3 is 0 Å². The van der Waals surface area contributed by atoms with Crippen LogP contribution < -0.4 is 5.32 Å². The first kappa shape index (κ1) is 14.6. The number of hydrogen-bond donors (Lipinski definition) is 2. The zero-order chi connectivity index (χ0) is 14.0. The van der Waals surface area contributed by atoms with Crippen LogP contribution in [0.1, 0.15) is 15.9 Å². The molecule has 2 aromatic rings. The lowest BCUT2D eigenvalue weighted by molar-refractivity contribution is 0.102. The number of halogens is 2. The van der Waals surface area contributed by atoms with E-state index >= 15 is 0 Å². The van der Waals surface area contributed by atoms with Gasteiger partial charge in [0.1, 0.15) is 0 Å². The molecule has 19 heavy (non-hydrogen) atoms. The summed E-state index contributed by atoms with van der Waals surface area (Å²) in [5.41, 5.74) is 2.39. The molecule has 2 rings (SSSR count). The SMILES string of the molecule is Cc1cc(Br)cc(NC(=O)c2cc(S)ccc2Br)c1. The summed E-state index contributed by atoms with van der Waals surface area (Å²) in [4.78, 5) is 13.0. The number of aryl methyl sites for hydroxylation is 1. The molecular weight excluding hydrogens is 390 g/mol. The Morgan fingerprint density at radius 2 is 1.89 bits per heavy atom. The Balaban J connectivity index is 2.28. The van der Waals surface area contributed by atoms with E-state index in [0.717, 1.165) is 25.1 Å². The van der Waals surface area contributed by atoms with Crippen LogP contribution in [0.3, 0.4) is 0 Å². The zero-order valence-electron chi connectivity index (χ0n) is 10.1. The molecule has 0 saturated heterocycles. The van der Waals surface area contributed by atoms with E-state index in [1.807, 2.05) is 37.3 Å². The van der Waals surface area contributed by atoms with E-state index in [1.54, 1.807) is 6.07 Å². The summed E-state index contributed by atoms with van der Waals surface area (Å²) in [5.74, 6) is -0.166. The highest BCUT2D eigenvalue weighted by atomic mass is 79.9. The van der Waals surface area contributed by atoms with Crippen molar-refractivity contribution in [1.29, 1.82) is 0 Å². The maximum atomic E-state index is 12.2. The van der Waals surface area contributed by atoms with Crippen molar-refractivity contribution < 1.29 is 4.79 Å². The first-order valence-electron chi connectivity index (χ1n) is 5.53. The summed E-state index contributed by atoms with van der Waals surface area (Å²) in [6.07, 6.45) is 0. The van der Waals surface area contributed by atoms with E-state index in [0.29, 0.717) is 5.56 Å². The number of nitrogens with one attached hydrogen (secondary N) is 1. The van der Waals surface area contributed by atoms with Crippen LogP contribution in [-0.2, 0) is 0 Å². The van der Waals surface area contributed by atoms with Gasteiger partial charge in [-0.05, 0) is 64.8 Å². The third-order valence-electron chi connectivity index (χ3n) is 2.49. The van der Waals surface area contributed by atoms with Crippen molar-refractivity contribution in [3.05, 3.63) is 56.5 Å². The van der Waals surface area contributed by atoms with E-state index < -0.39 is 0 Å². The lowest BCUT2D eigenvalue weighted by Crippen LogP contribution is -2.12. The van der Waals surface area contributed by atoms with Crippen LogP contribution in [0.2, 0.25) is 0 Å². The minimum Gasteiger partial charge on any atom is -0.322 e. The number of rotatable bonds is 2. The molecule has 0 fully saturated rings. The van der Waals surface area contributed by atoms with Gasteiger partial charge in [0.25, 0.3) is 5.91 Å². The van der Waals surface area contributed by atoms with E-state index in [-0.39, 0.29) is 5.91 Å². The van der Waals surface area contributed by atoms with Gasteiger partial charge in [0, 0.05) is 19.5 Å². The van der Waals surface area contributed by atoms with Crippen LogP contribution >= 0.6 is 44.5 Å². The molecule has 2 nitrogen and oxygen atoms in total. The Morgan fingerprint density at radius 1 is 1.16 bits per heavy atom. The number of benzene rings is 2. The summed E-state index contributed by atoms with van der Waals surface area (Å²) in [6, 6.07) is 11.1. The molecule has 0 aliphatic heterocycles. The predicted octanol–water partition coefficient (Wildman–Crippen LogP) is 5.06. The molecule has 0 spiro atoms. The molecule has 1 amide bonds. The first-order chi connectivity index (χ1) is 8.95. The zero-order valence-corrected chi connectivity index (χ0v) is 14.1. The summed E-state index contributed by atoms with van der Waals surface area (Å²) in [7, 11) is 0. The van der Waals surface area contributed by atoms with Crippen molar-refractivity contribution in [2.45, 2.75) is 11.8 Å². The van der Waals surface area contributed by atoms with E-state index in [4.69, 9.17) is 0 Å². The van der Waals surface area contributed by atoms with E-state index in [1.165, 1.54) is 0 Å². The molecule has 1 N–H and O–H groups in total. The van der Waals surface area contributed by atoms with Crippen LogP contribution in [0.25, 0.3) is 0 Å². The van der Waals surface area contributed by atoms with Crippen LogP contribution in [0, 0.1) is 6.92 Å².